The summed E-state index contributed by atoms with van der Waals surface area (Å²) in [5.74, 6) is 1.31. The summed E-state index contributed by atoms with van der Waals surface area (Å²) in [6, 6.07) is 7.43. The van der Waals surface area contributed by atoms with Crippen molar-refractivity contribution < 1.29 is 12.9 Å². The highest BCUT2D eigenvalue weighted by molar-refractivity contribution is 7.89. The summed E-state index contributed by atoms with van der Waals surface area (Å²) in [6.07, 6.45) is 4.71. The summed E-state index contributed by atoms with van der Waals surface area (Å²) in [5.41, 5.74) is 1.60. The number of H-pyrrole nitrogens is 1. The van der Waals surface area contributed by atoms with Gasteiger partial charge in [-0.1, -0.05) is 23.7 Å². The molecule has 1 aromatic carbocycles. The van der Waals surface area contributed by atoms with Gasteiger partial charge in [0.15, 0.2) is 10.9 Å². The third-order valence-electron chi connectivity index (χ3n) is 5.56. The zero-order valence-corrected chi connectivity index (χ0v) is 18.4. The molecule has 0 atom stereocenters. The summed E-state index contributed by atoms with van der Waals surface area (Å²) < 4.78 is 34.2. The maximum Gasteiger partial charge on any atom is 0.274 e. The molecule has 0 spiro atoms. The highest BCUT2D eigenvalue weighted by Gasteiger charge is 2.30. The maximum absolute atomic E-state index is 12.8. The van der Waals surface area contributed by atoms with E-state index in [4.69, 9.17) is 16.1 Å². The Hall–Kier alpha value is -2.69. The molecule has 0 radical (unpaired) electrons. The predicted molar refractivity (Wildman–Crippen MR) is 115 cm³/mol. The van der Waals surface area contributed by atoms with Crippen molar-refractivity contribution in [2.75, 3.05) is 13.1 Å². The highest BCUT2D eigenvalue weighted by Crippen LogP contribution is 2.26. The van der Waals surface area contributed by atoms with Gasteiger partial charge in [-0.05, 0) is 43.0 Å². The van der Waals surface area contributed by atoms with E-state index in [1.165, 1.54) is 16.8 Å². The summed E-state index contributed by atoms with van der Waals surface area (Å²) in [4.78, 5) is 11.7. The first kappa shape index (κ1) is 20.2. The van der Waals surface area contributed by atoms with Crippen molar-refractivity contribution in [3.05, 3.63) is 47.6 Å². The number of aromatic amines is 1. The maximum atomic E-state index is 12.8. The molecule has 9 nitrogen and oxygen atoms in total. The van der Waals surface area contributed by atoms with Crippen molar-refractivity contribution in [2.45, 2.75) is 31.3 Å². The van der Waals surface area contributed by atoms with E-state index < -0.39 is 10.0 Å². The van der Waals surface area contributed by atoms with E-state index in [1.54, 1.807) is 10.6 Å². The Morgan fingerprint density at radius 1 is 1.26 bits per heavy atom. The molecule has 1 saturated heterocycles. The van der Waals surface area contributed by atoms with Crippen molar-refractivity contribution in [1.29, 1.82) is 0 Å². The minimum atomic E-state index is -3.59. The minimum absolute atomic E-state index is 0.0401. The number of imidazole rings is 1. The molecule has 31 heavy (non-hydrogen) atoms. The zero-order valence-electron chi connectivity index (χ0n) is 16.8. The summed E-state index contributed by atoms with van der Waals surface area (Å²) in [6.45, 7) is 3.44. The van der Waals surface area contributed by atoms with Gasteiger partial charge < -0.3 is 14.1 Å². The molecule has 5 rings (SSSR count). The normalized spacial score (nSPS) is 16.3. The van der Waals surface area contributed by atoms with Crippen molar-refractivity contribution in [2.24, 2.45) is 5.92 Å². The molecular weight excluding hydrogens is 440 g/mol. The Morgan fingerprint density at radius 3 is 2.87 bits per heavy atom. The standard InChI is InChI=1S/C20H21ClN6O3S/c1-13-4-6-27(7-5-13)31(28,29)19-11-26(12-22-19)10-18-24-20(30-25-18)17-9-14-8-15(21)2-3-16(14)23-17/h2-3,8-9,11-13,23H,4-7,10H2,1H3. The Kier molecular flexibility index (Phi) is 5.07. The number of nitrogens with one attached hydrogen (secondary N) is 1. The lowest BCUT2D eigenvalue weighted by molar-refractivity contribution is 0.287. The van der Waals surface area contributed by atoms with Crippen LogP contribution in [-0.4, -0.2) is 50.5 Å². The number of piperidine rings is 1. The van der Waals surface area contributed by atoms with E-state index in [0.717, 1.165) is 23.7 Å². The van der Waals surface area contributed by atoms with Crippen molar-refractivity contribution in [3.63, 3.8) is 0 Å². The molecule has 4 aromatic rings. The number of nitrogens with zero attached hydrogens (tertiary/aromatic N) is 5. The number of halogens is 1. The van der Waals surface area contributed by atoms with E-state index in [2.05, 4.69) is 27.0 Å². The van der Waals surface area contributed by atoms with Gasteiger partial charge in [-0.25, -0.2) is 13.4 Å². The van der Waals surface area contributed by atoms with Crippen LogP contribution in [0.4, 0.5) is 0 Å². The van der Waals surface area contributed by atoms with E-state index >= 15 is 0 Å². The molecular formula is C20H21ClN6O3S. The quantitative estimate of drug-likeness (QED) is 0.487. The smallest absolute Gasteiger partial charge is 0.274 e. The van der Waals surface area contributed by atoms with Crippen LogP contribution in [0.15, 0.2) is 46.3 Å². The van der Waals surface area contributed by atoms with Crippen molar-refractivity contribution in [1.82, 2.24) is 29.0 Å². The number of benzene rings is 1. The van der Waals surface area contributed by atoms with Gasteiger partial charge in [0.1, 0.15) is 5.69 Å². The molecule has 0 bridgehead atoms. The summed E-state index contributed by atoms with van der Waals surface area (Å²) in [5, 5.41) is 5.64. The second-order valence-corrected chi connectivity index (χ2v) is 10.2. The molecule has 1 aliphatic heterocycles. The number of aromatic nitrogens is 5. The molecule has 1 fully saturated rings. The first-order chi connectivity index (χ1) is 14.9. The largest absolute Gasteiger partial charge is 0.351 e. The van der Waals surface area contributed by atoms with E-state index in [1.807, 2.05) is 18.2 Å². The lowest BCUT2D eigenvalue weighted by atomic mass is 10.0. The van der Waals surface area contributed by atoms with Crippen LogP contribution in [0.2, 0.25) is 5.02 Å². The fourth-order valence-electron chi connectivity index (χ4n) is 3.73. The van der Waals surface area contributed by atoms with E-state index in [-0.39, 0.29) is 11.6 Å². The molecule has 1 N–H and O–H groups in total. The number of hydrogen-bond donors (Lipinski definition) is 1. The molecule has 0 saturated carbocycles. The zero-order chi connectivity index (χ0) is 21.6. The van der Waals surface area contributed by atoms with Gasteiger partial charge in [-0.2, -0.15) is 9.29 Å². The topological polar surface area (TPSA) is 110 Å². The average Bonchev–Trinajstić information content (AvgIpc) is 3.47. The molecule has 0 unspecified atom stereocenters. The SMILES string of the molecule is CC1CCN(S(=O)(=O)c2cn(Cc3noc(-c4cc5cc(Cl)ccc5[nH]4)n3)cn2)CC1. The average molecular weight is 461 g/mol. The van der Waals surface area contributed by atoms with Crippen LogP contribution in [0.25, 0.3) is 22.5 Å². The van der Waals surface area contributed by atoms with Crippen molar-refractivity contribution >= 4 is 32.5 Å². The van der Waals surface area contributed by atoms with Crippen LogP contribution < -0.4 is 0 Å². The van der Waals surface area contributed by atoms with Gasteiger partial charge >= 0.3 is 0 Å². The molecule has 0 aliphatic carbocycles. The van der Waals surface area contributed by atoms with Crippen LogP contribution in [0, 0.1) is 5.92 Å². The number of fused-ring (bicyclic) bond motifs is 1. The molecule has 162 valence electrons. The van der Waals surface area contributed by atoms with Gasteiger partial charge in [-0.3, -0.25) is 0 Å². The van der Waals surface area contributed by atoms with Crippen LogP contribution in [0.5, 0.6) is 0 Å². The fraction of sp³-hybridized carbons (Fsp3) is 0.350. The third-order valence-corrected chi connectivity index (χ3v) is 7.58. The Morgan fingerprint density at radius 2 is 2.06 bits per heavy atom. The minimum Gasteiger partial charge on any atom is -0.351 e. The molecule has 3 aromatic heterocycles. The van der Waals surface area contributed by atoms with E-state index in [9.17, 15) is 8.42 Å². The van der Waals surface area contributed by atoms with Gasteiger partial charge in [0.2, 0.25) is 0 Å². The molecule has 1 aliphatic rings. The Balaban J connectivity index is 1.32. The van der Waals surface area contributed by atoms with E-state index in [0.29, 0.717) is 41.4 Å². The van der Waals surface area contributed by atoms with Crippen molar-refractivity contribution in [3.8, 4) is 11.6 Å². The molecule has 11 heteroatoms. The third kappa shape index (κ3) is 3.98. The number of rotatable bonds is 5. The first-order valence-corrected chi connectivity index (χ1v) is 11.8. The van der Waals surface area contributed by atoms with Crippen LogP contribution >= 0.6 is 11.6 Å². The van der Waals surface area contributed by atoms with Gasteiger partial charge in [0, 0.05) is 35.2 Å². The number of sulfonamides is 1. The highest BCUT2D eigenvalue weighted by atomic mass is 35.5. The lowest BCUT2D eigenvalue weighted by Gasteiger charge is -2.28. The van der Waals surface area contributed by atoms with Gasteiger partial charge in [0.05, 0.1) is 12.9 Å². The first-order valence-electron chi connectivity index (χ1n) is 10.0. The summed E-state index contributed by atoms with van der Waals surface area (Å²) in [7, 11) is -3.59. The molecule has 4 heterocycles. The summed E-state index contributed by atoms with van der Waals surface area (Å²) >= 11 is 6.04. The predicted octanol–water partition coefficient (Wildman–Crippen LogP) is 3.54. The fourth-order valence-corrected chi connectivity index (χ4v) is 5.31. The molecule has 0 amide bonds. The monoisotopic (exact) mass is 460 g/mol. The van der Waals surface area contributed by atoms with Crippen LogP contribution in [0.1, 0.15) is 25.6 Å². The second-order valence-electron chi connectivity index (χ2n) is 7.90. The van der Waals surface area contributed by atoms with Crippen LogP contribution in [-0.2, 0) is 16.6 Å². The lowest BCUT2D eigenvalue weighted by Crippen LogP contribution is -2.38. The second kappa shape index (κ2) is 7.77. The van der Waals surface area contributed by atoms with Crippen LogP contribution in [0.3, 0.4) is 0 Å². The van der Waals surface area contributed by atoms with Gasteiger partial charge in [-0.15, -0.1) is 0 Å². The Labute approximate surface area is 184 Å². The van der Waals surface area contributed by atoms with Gasteiger partial charge in [0.25, 0.3) is 15.9 Å². The Bertz CT molecular complexity index is 1330. The number of hydrogen-bond acceptors (Lipinski definition) is 6.